The minimum Gasteiger partial charge on any atom is -0.461 e. The molecule has 0 aliphatic carbocycles. The van der Waals surface area contributed by atoms with Crippen LogP contribution in [0.3, 0.4) is 0 Å². The minimum absolute atomic E-state index is 0.197. The molecule has 0 N–H and O–H groups in total. The van der Waals surface area contributed by atoms with Crippen LogP contribution in [-0.4, -0.2) is 58.9 Å². The molecule has 1 saturated heterocycles. The fraction of sp³-hybridized carbons (Fsp3) is 0.722. The third-order valence-corrected chi connectivity index (χ3v) is 4.40. The second kappa shape index (κ2) is 8.79. The topological polar surface area (TPSA) is 82.1 Å². The number of esters is 1. The van der Waals surface area contributed by atoms with Gasteiger partial charge in [0.25, 0.3) is 0 Å². The number of methoxy groups -OCH3 is 1. The first-order valence-electron chi connectivity index (χ1n) is 8.46. The summed E-state index contributed by atoms with van der Waals surface area (Å²) in [5, 5.41) is -0.690. The quantitative estimate of drug-likeness (QED) is 0.405. The standard InChI is InChI=1S/C18H29NO6S/c1-17(2,3)24-14(20)10-12-11-19(15(21)25-18(4,5)6)9-8-13(12)26-16(22)23-7/h10,13H,8-9,11H2,1-7H3/b12-10-. The smallest absolute Gasteiger partial charge is 0.410 e. The van der Waals surface area contributed by atoms with Crippen molar-refractivity contribution < 1.29 is 28.6 Å². The van der Waals surface area contributed by atoms with E-state index in [0.717, 1.165) is 11.8 Å². The first-order valence-corrected chi connectivity index (χ1v) is 9.34. The number of piperidine rings is 1. The maximum absolute atomic E-state index is 12.3. The number of thioether (sulfide) groups is 1. The highest BCUT2D eigenvalue weighted by Crippen LogP contribution is 2.30. The van der Waals surface area contributed by atoms with Crippen LogP contribution in [0.1, 0.15) is 48.0 Å². The molecule has 1 unspecified atom stereocenters. The zero-order valence-electron chi connectivity index (χ0n) is 16.6. The summed E-state index contributed by atoms with van der Waals surface area (Å²) in [5.74, 6) is -0.506. The molecule has 0 bridgehead atoms. The molecular weight excluding hydrogens is 358 g/mol. The summed E-state index contributed by atoms with van der Waals surface area (Å²) in [6.45, 7) is 11.3. The lowest BCUT2D eigenvalue weighted by atomic mass is 10.0. The van der Waals surface area contributed by atoms with Gasteiger partial charge in [-0.1, -0.05) is 0 Å². The van der Waals surface area contributed by atoms with Crippen LogP contribution in [-0.2, 0) is 19.0 Å². The highest BCUT2D eigenvalue weighted by Gasteiger charge is 2.32. The van der Waals surface area contributed by atoms with Gasteiger partial charge in [0, 0.05) is 24.4 Å². The number of hydrogen-bond donors (Lipinski definition) is 0. The molecule has 0 saturated carbocycles. The predicted octanol–water partition coefficient (Wildman–Crippen LogP) is 3.76. The molecule has 0 aromatic rings. The minimum atomic E-state index is -0.626. The number of carbonyl (C=O) groups is 3. The number of rotatable bonds is 2. The van der Waals surface area contributed by atoms with Gasteiger partial charge in [0.15, 0.2) is 0 Å². The zero-order chi connectivity index (χ0) is 20.1. The van der Waals surface area contributed by atoms with Gasteiger partial charge in [-0.2, -0.15) is 0 Å². The summed E-state index contributed by atoms with van der Waals surface area (Å²) in [4.78, 5) is 37.7. The summed E-state index contributed by atoms with van der Waals surface area (Å²) in [7, 11) is 1.31. The van der Waals surface area contributed by atoms with Crippen molar-refractivity contribution in [3.63, 3.8) is 0 Å². The van der Waals surface area contributed by atoms with Crippen LogP contribution in [0.4, 0.5) is 9.59 Å². The Labute approximate surface area is 159 Å². The first-order chi connectivity index (χ1) is 11.8. The van der Waals surface area contributed by atoms with Crippen molar-refractivity contribution in [2.45, 2.75) is 64.4 Å². The lowest BCUT2D eigenvalue weighted by Crippen LogP contribution is -2.44. The van der Waals surface area contributed by atoms with Crippen LogP contribution in [0.5, 0.6) is 0 Å². The zero-order valence-corrected chi connectivity index (χ0v) is 17.4. The molecule has 26 heavy (non-hydrogen) atoms. The van der Waals surface area contributed by atoms with E-state index >= 15 is 0 Å². The fourth-order valence-corrected chi connectivity index (χ4v) is 3.11. The Bertz CT molecular complexity index is 573. The molecule has 1 amide bonds. The molecule has 0 aromatic heterocycles. The van der Waals surface area contributed by atoms with E-state index in [1.807, 2.05) is 0 Å². The highest BCUT2D eigenvalue weighted by atomic mass is 32.2. The van der Waals surface area contributed by atoms with Gasteiger partial charge < -0.3 is 19.1 Å². The maximum Gasteiger partial charge on any atom is 0.410 e. The molecule has 148 valence electrons. The van der Waals surface area contributed by atoms with Gasteiger partial charge in [-0.15, -0.1) is 0 Å². The molecular formula is C18H29NO6S. The van der Waals surface area contributed by atoms with Gasteiger partial charge >= 0.3 is 17.4 Å². The summed E-state index contributed by atoms with van der Waals surface area (Å²) in [5.41, 5.74) is -0.602. The normalized spacial score (nSPS) is 19.9. The molecule has 0 aromatic carbocycles. The van der Waals surface area contributed by atoms with Crippen LogP contribution in [0.2, 0.25) is 0 Å². The van der Waals surface area contributed by atoms with Gasteiger partial charge in [-0.05, 0) is 65.3 Å². The van der Waals surface area contributed by atoms with Crippen molar-refractivity contribution in [1.29, 1.82) is 0 Å². The summed E-state index contributed by atoms with van der Waals surface area (Å²) < 4.78 is 15.4. The van der Waals surface area contributed by atoms with Crippen LogP contribution in [0.15, 0.2) is 11.6 Å². The Morgan fingerprint density at radius 3 is 2.15 bits per heavy atom. The molecule has 1 heterocycles. The number of amides is 1. The van der Waals surface area contributed by atoms with Crippen molar-refractivity contribution >= 4 is 29.1 Å². The second-order valence-electron chi connectivity index (χ2n) is 8.00. The Morgan fingerprint density at radius 1 is 1.08 bits per heavy atom. The lowest BCUT2D eigenvalue weighted by molar-refractivity contribution is -0.148. The molecule has 0 spiro atoms. The Balaban J connectivity index is 2.95. The number of ether oxygens (including phenoxy) is 3. The van der Waals surface area contributed by atoms with Crippen molar-refractivity contribution in [1.82, 2.24) is 4.90 Å². The SMILES string of the molecule is COC(=O)SC1CCN(C(=O)OC(C)(C)C)C/C1=C/C(=O)OC(C)(C)C. The van der Waals surface area contributed by atoms with Crippen LogP contribution in [0, 0.1) is 0 Å². The van der Waals surface area contributed by atoms with E-state index in [1.165, 1.54) is 18.1 Å². The predicted molar refractivity (Wildman–Crippen MR) is 100 cm³/mol. The van der Waals surface area contributed by atoms with Gasteiger partial charge in [0.2, 0.25) is 0 Å². The maximum atomic E-state index is 12.3. The third kappa shape index (κ3) is 8.12. The fourth-order valence-electron chi connectivity index (χ4n) is 2.26. The molecule has 7 nitrogen and oxygen atoms in total. The molecule has 1 aliphatic heterocycles. The molecule has 1 rings (SSSR count). The first kappa shape index (κ1) is 22.3. The Hall–Kier alpha value is -1.70. The van der Waals surface area contributed by atoms with Crippen LogP contribution < -0.4 is 0 Å². The Kier molecular flexibility index (Phi) is 7.56. The van der Waals surface area contributed by atoms with Crippen molar-refractivity contribution in [3.05, 3.63) is 11.6 Å². The van der Waals surface area contributed by atoms with Crippen LogP contribution in [0.25, 0.3) is 0 Å². The number of hydrogen-bond acceptors (Lipinski definition) is 7. The summed E-state index contributed by atoms with van der Waals surface area (Å²) in [6.07, 6.45) is 1.42. The second-order valence-corrected chi connectivity index (χ2v) is 9.14. The van der Waals surface area contributed by atoms with E-state index in [-0.39, 0.29) is 11.8 Å². The van der Waals surface area contributed by atoms with Crippen molar-refractivity contribution in [2.24, 2.45) is 0 Å². The van der Waals surface area contributed by atoms with Crippen molar-refractivity contribution in [2.75, 3.05) is 20.2 Å². The third-order valence-electron chi connectivity index (χ3n) is 3.22. The molecule has 1 atom stereocenters. The van der Waals surface area contributed by atoms with Gasteiger partial charge in [0.05, 0.1) is 7.11 Å². The van der Waals surface area contributed by atoms with Gasteiger partial charge in [-0.25, -0.2) is 14.4 Å². The monoisotopic (exact) mass is 387 g/mol. The number of nitrogens with zero attached hydrogens (tertiary/aromatic N) is 1. The molecule has 0 radical (unpaired) electrons. The summed E-state index contributed by atoms with van der Waals surface area (Å²) >= 11 is 1.000. The van der Waals surface area contributed by atoms with E-state index < -0.39 is 28.6 Å². The summed E-state index contributed by atoms with van der Waals surface area (Å²) in [6, 6.07) is 0. The average Bonchev–Trinajstić information content (AvgIpc) is 2.44. The molecule has 1 aliphatic rings. The van der Waals surface area contributed by atoms with Gasteiger partial charge in [0.1, 0.15) is 11.2 Å². The van der Waals surface area contributed by atoms with E-state index in [4.69, 9.17) is 14.2 Å². The van der Waals surface area contributed by atoms with E-state index in [0.29, 0.717) is 18.5 Å². The van der Waals surface area contributed by atoms with E-state index in [9.17, 15) is 14.4 Å². The molecule has 8 heteroatoms. The van der Waals surface area contributed by atoms with E-state index in [1.54, 1.807) is 41.5 Å². The lowest BCUT2D eigenvalue weighted by Gasteiger charge is -2.34. The van der Waals surface area contributed by atoms with Crippen molar-refractivity contribution in [3.8, 4) is 0 Å². The highest BCUT2D eigenvalue weighted by molar-refractivity contribution is 8.13. The largest absolute Gasteiger partial charge is 0.461 e. The van der Waals surface area contributed by atoms with E-state index in [2.05, 4.69) is 0 Å². The number of carbonyl (C=O) groups excluding carboxylic acids is 3. The molecule has 1 fully saturated rings. The van der Waals surface area contributed by atoms with Gasteiger partial charge in [-0.3, -0.25) is 0 Å². The average molecular weight is 387 g/mol. The number of likely N-dealkylation sites (tertiary alicyclic amines) is 1. The Morgan fingerprint density at radius 2 is 1.65 bits per heavy atom. The van der Waals surface area contributed by atoms with Crippen LogP contribution >= 0.6 is 11.8 Å².